The summed E-state index contributed by atoms with van der Waals surface area (Å²) < 4.78 is 2.20. The molecule has 0 saturated carbocycles. The van der Waals surface area contributed by atoms with Crippen LogP contribution < -0.4 is 0 Å². The molecule has 2 heterocycles. The molecule has 6 aromatic carbocycles. The highest BCUT2D eigenvalue weighted by atomic mass is 15.2. The largest absolute Gasteiger partial charge is 0.278 e. The van der Waals surface area contributed by atoms with E-state index in [2.05, 4.69) is 91.2 Å². The minimum atomic E-state index is -0.0460. The molecule has 0 radical (unpaired) electrons. The number of rotatable bonds is 3. The van der Waals surface area contributed by atoms with Gasteiger partial charge in [0.2, 0.25) is 5.95 Å². The number of fused-ring (bicyclic) bond motifs is 9. The minimum absolute atomic E-state index is 0.0460. The molecule has 4 nitrogen and oxygen atoms in total. The van der Waals surface area contributed by atoms with Crippen LogP contribution in [0.4, 0.5) is 0 Å². The number of benzene rings is 6. The molecule has 0 bridgehead atoms. The summed E-state index contributed by atoms with van der Waals surface area (Å²) in [4.78, 5) is 15.1. The van der Waals surface area contributed by atoms with Gasteiger partial charge in [0.15, 0.2) is 11.6 Å². The standard InChI is InChI=1S/C40H28N4/c1-40(2)31-19-11-9-17-29(31)35-27-22-24-34-36(28(27)21-23-32(35)40)30-18-10-12-20-33(30)44(34)39-42-37(25-13-5-3-6-14-25)41-38(43-39)26-15-7-4-8-16-26/h3-24H,1-2H3. The second kappa shape index (κ2) is 9.19. The van der Waals surface area contributed by atoms with Crippen LogP contribution in [0.3, 0.4) is 0 Å². The van der Waals surface area contributed by atoms with Crippen LogP contribution in [0.15, 0.2) is 133 Å². The maximum absolute atomic E-state index is 5.10. The maximum atomic E-state index is 5.10. The van der Waals surface area contributed by atoms with Crippen molar-refractivity contribution in [3.05, 3.63) is 145 Å². The zero-order valence-electron chi connectivity index (χ0n) is 24.5. The molecule has 0 atom stereocenters. The normalized spacial score (nSPS) is 13.4. The Kier molecular flexibility index (Phi) is 5.21. The van der Waals surface area contributed by atoms with Gasteiger partial charge in [0.1, 0.15) is 0 Å². The fourth-order valence-corrected chi connectivity index (χ4v) is 7.19. The molecule has 2 aromatic heterocycles. The molecule has 0 saturated heterocycles. The van der Waals surface area contributed by atoms with Crippen LogP contribution in [0.1, 0.15) is 25.0 Å². The molecule has 0 aliphatic heterocycles. The lowest BCUT2D eigenvalue weighted by atomic mass is 9.82. The summed E-state index contributed by atoms with van der Waals surface area (Å²) in [5.41, 5.74) is 9.46. The average molecular weight is 565 g/mol. The first kappa shape index (κ1) is 24.9. The van der Waals surface area contributed by atoms with Crippen LogP contribution in [-0.4, -0.2) is 19.5 Å². The average Bonchev–Trinajstić information content (AvgIpc) is 3.54. The van der Waals surface area contributed by atoms with Crippen LogP contribution in [0.5, 0.6) is 0 Å². The van der Waals surface area contributed by atoms with Crippen molar-refractivity contribution in [2.75, 3.05) is 0 Å². The first-order valence-corrected chi connectivity index (χ1v) is 15.1. The summed E-state index contributed by atoms with van der Waals surface area (Å²) in [5, 5.41) is 4.92. The molecule has 0 spiro atoms. The summed E-state index contributed by atoms with van der Waals surface area (Å²) in [6.07, 6.45) is 0. The highest BCUT2D eigenvalue weighted by Gasteiger charge is 2.36. The molecule has 1 aliphatic carbocycles. The zero-order valence-corrected chi connectivity index (χ0v) is 24.5. The first-order valence-electron chi connectivity index (χ1n) is 15.1. The van der Waals surface area contributed by atoms with Crippen molar-refractivity contribution < 1.29 is 0 Å². The van der Waals surface area contributed by atoms with E-state index in [1.807, 2.05) is 60.7 Å². The number of aromatic nitrogens is 4. The number of hydrogen-bond donors (Lipinski definition) is 0. The van der Waals surface area contributed by atoms with Crippen LogP contribution in [0.2, 0.25) is 0 Å². The third kappa shape index (κ3) is 3.48. The molecular formula is C40H28N4. The monoisotopic (exact) mass is 564 g/mol. The quantitative estimate of drug-likeness (QED) is 0.215. The summed E-state index contributed by atoms with van der Waals surface area (Å²) >= 11 is 0. The lowest BCUT2D eigenvalue weighted by Crippen LogP contribution is -2.14. The van der Waals surface area contributed by atoms with E-state index in [1.165, 1.54) is 43.8 Å². The van der Waals surface area contributed by atoms with Crippen molar-refractivity contribution in [3.63, 3.8) is 0 Å². The van der Waals surface area contributed by atoms with Crippen molar-refractivity contribution in [2.24, 2.45) is 0 Å². The number of hydrogen-bond acceptors (Lipinski definition) is 3. The topological polar surface area (TPSA) is 43.6 Å². The molecule has 44 heavy (non-hydrogen) atoms. The van der Waals surface area contributed by atoms with Gasteiger partial charge in [-0.2, -0.15) is 9.97 Å². The molecule has 9 rings (SSSR count). The fourth-order valence-electron chi connectivity index (χ4n) is 7.19. The Bertz CT molecular complexity index is 2350. The van der Waals surface area contributed by atoms with Crippen molar-refractivity contribution in [2.45, 2.75) is 19.3 Å². The van der Waals surface area contributed by atoms with E-state index in [4.69, 9.17) is 15.0 Å². The molecule has 4 heteroatoms. The second-order valence-electron chi connectivity index (χ2n) is 12.1. The Hall–Kier alpha value is -5.61. The SMILES string of the molecule is CC1(C)c2ccccc2-c2c1ccc1c2ccc2c1c1ccccc1n2-c1nc(-c2ccccc2)nc(-c2ccccc2)n1. The summed E-state index contributed by atoms with van der Waals surface area (Å²) in [6.45, 7) is 4.67. The summed E-state index contributed by atoms with van der Waals surface area (Å²) in [7, 11) is 0. The lowest BCUT2D eigenvalue weighted by molar-refractivity contribution is 0.661. The van der Waals surface area contributed by atoms with Crippen LogP contribution in [0, 0.1) is 0 Å². The predicted molar refractivity (Wildman–Crippen MR) is 180 cm³/mol. The molecule has 0 amide bonds. The third-order valence-electron chi connectivity index (χ3n) is 9.26. The molecule has 8 aromatic rings. The van der Waals surface area contributed by atoms with Gasteiger partial charge in [-0.1, -0.05) is 135 Å². The van der Waals surface area contributed by atoms with E-state index in [1.54, 1.807) is 0 Å². The van der Waals surface area contributed by atoms with E-state index in [0.717, 1.165) is 22.2 Å². The molecule has 208 valence electrons. The highest BCUT2D eigenvalue weighted by molar-refractivity contribution is 6.23. The van der Waals surface area contributed by atoms with Crippen molar-refractivity contribution >= 4 is 32.6 Å². The van der Waals surface area contributed by atoms with Crippen LogP contribution in [-0.2, 0) is 5.41 Å². The van der Waals surface area contributed by atoms with Gasteiger partial charge < -0.3 is 0 Å². The summed E-state index contributed by atoms with van der Waals surface area (Å²) in [5.74, 6) is 1.91. The summed E-state index contributed by atoms with van der Waals surface area (Å²) in [6, 6.07) is 47.0. The van der Waals surface area contributed by atoms with E-state index >= 15 is 0 Å². The van der Waals surface area contributed by atoms with Crippen molar-refractivity contribution in [3.8, 4) is 39.9 Å². The fraction of sp³-hybridized carbons (Fsp3) is 0.0750. The van der Waals surface area contributed by atoms with Crippen LogP contribution in [0.25, 0.3) is 72.4 Å². The lowest BCUT2D eigenvalue weighted by Gasteiger charge is -2.21. The Labute approximate surface area is 255 Å². The molecule has 1 aliphatic rings. The van der Waals surface area contributed by atoms with Gasteiger partial charge in [0.25, 0.3) is 0 Å². The predicted octanol–water partition coefficient (Wildman–Crippen LogP) is 9.76. The first-order chi connectivity index (χ1) is 21.6. The number of nitrogens with zero attached hydrogens (tertiary/aromatic N) is 4. The minimum Gasteiger partial charge on any atom is -0.278 e. The molecule has 0 fully saturated rings. The van der Waals surface area contributed by atoms with Crippen molar-refractivity contribution in [1.29, 1.82) is 0 Å². The Morgan fingerprint density at radius 3 is 1.82 bits per heavy atom. The third-order valence-corrected chi connectivity index (χ3v) is 9.26. The Morgan fingerprint density at radius 1 is 0.477 bits per heavy atom. The Morgan fingerprint density at radius 2 is 1.09 bits per heavy atom. The second-order valence-corrected chi connectivity index (χ2v) is 12.1. The van der Waals surface area contributed by atoms with Crippen molar-refractivity contribution in [1.82, 2.24) is 19.5 Å². The molecule has 0 unspecified atom stereocenters. The van der Waals surface area contributed by atoms with Gasteiger partial charge in [0.05, 0.1) is 11.0 Å². The van der Waals surface area contributed by atoms with E-state index in [9.17, 15) is 0 Å². The van der Waals surface area contributed by atoms with Gasteiger partial charge in [-0.05, 0) is 45.2 Å². The zero-order chi connectivity index (χ0) is 29.4. The number of para-hydroxylation sites is 1. The maximum Gasteiger partial charge on any atom is 0.238 e. The van der Waals surface area contributed by atoms with Gasteiger partial charge >= 0.3 is 0 Å². The van der Waals surface area contributed by atoms with Gasteiger partial charge in [0, 0.05) is 27.3 Å². The van der Waals surface area contributed by atoms with Gasteiger partial charge in [-0.25, -0.2) is 4.98 Å². The smallest absolute Gasteiger partial charge is 0.238 e. The van der Waals surface area contributed by atoms with Crippen LogP contribution >= 0.6 is 0 Å². The van der Waals surface area contributed by atoms with Gasteiger partial charge in [-0.15, -0.1) is 0 Å². The molecular weight excluding hydrogens is 536 g/mol. The van der Waals surface area contributed by atoms with E-state index < -0.39 is 0 Å². The van der Waals surface area contributed by atoms with E-state index in [-0.39, 0.29) is 5.41 Å². The highest BCUT2D eigenvalue weighted by Crippen LogP contribution is 2.52. The van der Waals surface area contributed by atoms with E-state index in [0.29, 0.717) is 17.6 Å². The molecule has 0 N–H and O–H groups in total. The van der Waals surface area contributed by atoms with Gasteiger partial charge in [-0.3, -0.25) is 4.57 Å². The Balaban J connectivity index is 1.37.